The minimum absolute atomic E-state index is 0.287. The number of hydrogen-bond acceptors (Lipinski definition) is 2. The highest BCUT2D eigenvalue weighted by molar-refractivity contribution is 5.64. The molecule has 1 aromatic carbocycles. The summed E-state index contributed by atoms with van der Waals surface area (Å²) < 4.78 is 0. The number of nitrogens with two attached hydrogens (primary N) is 1. The van der Waals surface area contributed by atoms with Crippen LogP contribution in [0.4, 0.5) is 11.4 Å². The van der Waals surface area contributed by atoms with Crippen LogP contribution in [0.2, 0.25) is 0 Å². The first-order valence-electron chi connectivity index (χ1n) is 6.12. The van der Waals surface area contributed by atoms with E-state index < -0.39 is 0 Å². The third kappa shape index (κ3) is 2.31. The molecular formula is C14H24N2. The fourth-order valence-corrected chi connectivity index (χ4v) is 2.14. The summed E-state index contributed by atoms with van der Waals surface area (Å²) in [5, 5.41) is 0. The molecule has 2 heteroatoms. The largest absolute Gasteiger partial charge is 0.399 e. The van der Waals surface area contributed by atoms with Crippen LogP contribution in [-0.2, 0) is 5.41 Å². The van der Waals surface area contributed by atoms with Crippen molar-refractivity contribution in [2.24, 2.45) is 0 Å². The number of benzene rings is 1. The molecule has 90 valence electrons. The quantitative estimate of drug-likeness (QED) is 0.679. The Balaban J connectivity index is 0.000000606. The Kier molecular flexibility index (Phi) is 3.84. The number of anilines is 2. The van der Waals surface area contributed by atoms with Crippen molar-refractivity contribution < 1.29 is 0 Å². The minimum Gasteiger partial charge on any atom is -0.399 e. The molecule has 0 aliphatic carbocycles. The molecule has 0 spiro atoms. The van der Waals surface area contributed by atoms with Gasteiger partial charge in [-0.3, -0.25) is 0 Å². The predicted molar refractivity (Wildman–Crippen MR) is 73.1 cm³/mol. The lowest BCUT2D eigenvalue weighted by molar-refractivity contribution is 0.462. The second-order valence-electron chi connectivity index (χ2n) is 4.83. The minimum atomic E-state index is 0.287. The van der Waals surface area contributed by atoms with Crippen LogP contribution in [0.3, 0.4) is 0 Å². The monoisotopic (exact) mass is 220 g/mol. The zero-order chi connectivity index (χ0) is 12.3. The van der Waals surface area contributed by atoms with Crippen LogP contribution in [-0.4, -0.2) is 13.6 Å². The van der Waals surface area contributed by atoms with Crippen molar-refractivity contribution >= 4 is 11.4 Å². The van der Waals surface area contributed by atoms with E-state index in [0.717, 1.165) is 12.2 Å². The van der Waals surface area contributed by atoms with Gasteiger partial charge in [0.15, 0.2) is 0 Å². The van der Waals surface area contributed by atoms with E-state index in [1.54, 1.807) is 0 Å². The Morgan fingerprint density at radius 3 is 2.50 bits per heavy atom. The van der Waals surface area contributed by atoms with Crippen molar-refractivity contribution in [2.75, 3.05) is 24.2 Å². The first kappa shape index (κ1) is 12.9. The van der Waals surface area contributed by atoms with E-state index in [0.29, 0.717) is 0 Å². The Labute approximate surface area is 99.5 Å². The van der Waals surface area contributed by atoms with Gasteiger partial charge in [-0.1, -0.05) is 33.8 Å². The average molecular weight is 220 g/mol. The van der Waals surface area contributed by atoms with Gasteiger partial charge in [-0.15, -0.1) is 0 Å². The fraction of sp³-hybridized carbons (Fsp3) is 0.571. The van der Waals surface area contributed by atoms with E-state index in [1.807, 2.05) is 19.9 Å². The lowest BCUT2D eigenvalue weighted by Gasteiger charge is -2.38. The smallest absolute Gasteiger partial charge is 0.0422 e. The third-order valence-electron chi connectivity index (χ3n) is 3.23. The van der Waals surface area contributed by atoms with Gasteiger partial charge in [-0.25, -0.2) is 0 Å². The molecule has 0 amide bonds. The standard InChI is InChI=1S/C12H18N2.C2H6/c1-12(2)6-7-14(3)11-8-9(13)4-5-10(11)12;1-2/h4-5,8H,6-7,13H2,1-3H3;1-2H3. The Morgan fingerprint density at radius 2 is 1.88 bits per heavy atom. The van der Waals surface area contributed by atoms with Crippen molar-refractivity contribution in [3.8, 4) is 0 Å². The van der Waals surface area contributed by atoms with Gasteiger partial charge in [0.05, 0.1) is 0 Å². The van der Waals surface area contributed by atoms with Gasteiger partial charge < -0.3 is 10.6 Å². The molecule has 1 aromatic rings. The summed E-state index contributed by atoms with van der Waals surface area (Å²) in [7, 11) is 2.13. The number of fused-ring (bicyclic) bond motifs is 1. The van der Waals surface area contributed by atoms with Crippen LogP contribution >= 0.6 is 0 Å². The normalized spacial score (nSPS) is 17.2. The number of rotatable bonds is 0. The van der Waals surface area contributed by atoms with E-state index in [-0.39, 0.29) is 5.41 Å². The first-order valence-corrected chi connectivity index (χ1v) is 6.12. The predicted octanol–water partition coefficient (Wildman–Crippen LogP) is 3.41. The molecule has 16 heavy (non-hydrogen) atoms. The maximum atomic E-state index is 5.81. The SMILES string of the molecule is CC.CN1CCC(C)(C)c2ccc(N)cc21. The summed E-state index contributed by atoms with van der Waals surface area (Å²) in [5.41, 5.74) is 9.66. The average Bonchev–Trinajstić information content (AvgIpc) is 2.27. The molecule has 0 saturated carbocycles. The van der Waals surface area contributed by atoms with Crippen LogP contribution in [0.25, 0.3) is 0 Å². The molecule has 1 heterocycles. The molecule has 2 nitrogen and oxygen atoms in total. The Bertz CT molecular complexity index is 356. The molecule has 1 aliphatic rings. The maximum Gasteiger partial charge on any atom is 0.0422 e. The summed E-state index contributed by atoms with van der Waals surface area (Å²) in [6.07, 6.45) is 1.21. The molecule has 2 rings (SSSR count). The zero-order valence-electron chi connectivity index (χ0n) is 11.2. The zero-order valence-corrected chi connectivity index (χ0v) is 11.2. The van der Waals surface area contributed by atoms with E-state index in [4.69, 9.17) is 5.73 Å². The Hall–Kier alpha value is -1.18. The van der Waals surface area contributed by atoms with E-state index in [2.05, 4.69) is 37.9 Å². The van der Waals surface area contributed by atoms with Crippen LogP contribution in [0.5, 0.6) is 0 Å². The van der Waals surface area contributed by atoms with Gasteiger partial charge in [0.25, 0.3) is 0 Å². The van der Waals surface area contributed by atoms with Gasteiger partial charge in [0.1, 0.15) is 0 Å². The molecule has 1 aliphatic heterocycles. The molecule has 0 saturated heterocycles. The molecule has 0 fully saturated rings. The topological polar surface area (TPSA) is 29.3 Å². The van der Waals surface area contributed by atoms with Gasteiger partial charge in [-0.2, -0.15) is 0 Å². The fourth-order valence-electron chi connectivity index (χ4n) is 2.14. The number of nitrogens with zero attached hydrogens (tertiary/aromatic N) is 1. The molecule has 0 radical (unpaired) electrons. The van der Waals surface area contributed by atoms with Gasteiger partial charge in [-0.05, 0) is 29.5 Å². The Morgan fingerprint density at radius 1 is 1.25 bits per heavy atom. The lowest BCUT2D eigenvalue weighted by atomic mass is 9.78. The number of hydrogen-bond donors (Lipinski definition) is 1. The highest BCUT2D eigenvalue weighted by Crippen LogP contribution is 2.39. The molecule has 2 N–H and O–H groups in total. The van der Waals surface area contributed by atoms with Crippen molar-refractivity contribution in [3.63, 3.8) is 0 Å². The van der Waals surface area contributed by atoms with E-state index in [1.165, 1.54) is 17.7 Å². The molecule has 0 unspecified atom stereocenters. The third-order valence-corrected chi connectivity index (χ3v) is 3.23. The summed E-state index contributed by atoms with van der Waals surface area (Å²) in [5.74, 6) is 0. The van der Waals surface area contributed by atoms with Crippen LogP contribution in [0.15, 0.2) is 18.2 Å². The maximum absolute atomic E-state index is 5.81. The van der Waals surface area contributed by atoms with Gasteiger partial charge >= 0.3 is 0 Å². The summed E-state index contributed by atoms with van der Waals surface area (Å²) in [6.45, 7) is 9.72. The van der Waals surface area contributed by atoms with Crippen LogP contribution in [0.1, 0.15) is 39.7 Å². The molecular weight excluding hydrogens is 196 g/mol. The first-order chi connectivity index (χ1) is 7.50. The molecule has 0 aromatic heterocycles. The highest BCUT2D eigenvalue weighted by atomic mass is 15.1. The summed E-state index contributed by atoms with van der Waals surface area (Å²) >= 11 is 0. The summed E-state index contributed by atoms with van der Waals surface area (Å²) in [6, 6.07) is 6.25. The second kappa shape index (κ2) is 4.77. The van der Waals surface area contributed by atoms with Crippen molar-refractivity contribution in [1.29, 1.82) is 0 Å². The van der Waals surface area contributed by atoms with Crippen LogP contribution < -0.4 is 10.6 Å². The van der Waals surface area contributed by atoms with Gasteiger partial charge in [0, 0.05) is 25.0 Å². The highest BCUT2D eigenvalue weighted by Gasteiger charge is 2.29. The van der Waals surface area contributed by atoms with Crippen LogP contribution in [0, 0.1) is 0 Å². The van der Waals surface area contributed by atoms with E-state index in [9.17, 15) is 0 Å². The molecule has 0 atom stereocenters. The van der Waals surface area contributed by atoms with Crippen molar-refractivity contribution in [3.05, 3.63) is 23.8 Å². The number of nitrogen functional groups attached to an aromatic ring is 1. The second-order valence-corrected chi connectivity index (χ2v) is 4.83. The van der Waals surface area contributed by atoms with Gasteiger partial charge in [0.2, 0.25) is 0 Å². The van der Waals surface area contributed by atoms with E-state index >= 15 is 0 Å². The lowest BCUT2D eigenvalue weighted by Crippen LogP contribution is -2.34. The molecule has 0 bridgehead atoms. The van der Waals surface area contributed by atoms with Crippen molar-refractivity contribution in [1.82, 2.24) is 0 Å². The summed E-state index contributed by atoms with van der Waals surface area (Å²) in [4.78, 5) is 2.29. The van der Waals surface area contributed by atoms with Crippen molar-refractivity contribution in [2.45, 2.75) is 39.5 Å².